The van der Waals surface area contributed by atoms with Gasteiger partial charge in [-0.3, -0.25) is 0 Å². The molecule has 64 heavy (non-hydrogen) atoms. The Bertz CT molecular complexity index is 2140. The third kappa shape index (κ3) is 13.3. The van der Waals surface area contributed by atoms with Gasteiger partial charge >= 0.3 is 11.9 Å². The Morgan fingerprint density at radius 1 is 0.828 bits per heavy atom. The van der Waals surface area contributed by atoms with Gasteiger partial charge in [0, 0.05) is 15.2 Å². The zero-order valence-electron chi connectivity index (χ0n) is 40.0. The number of benzene rings is 4. The van der Waals surface area contributed by atoms with Crippen LogP contribution >= 0.6 is 0 Å². The van der Waals surface area contributed by atoms with Gasteiger partial charge in [-0.2, -0.15) is 0 Å². The summed E-state index contributed by atoms with van der Waals surface area (Å²) in [6.07, 6.45) is 4.79. The normalized spacial score (nSPS) is 18.2. The fraction of sp³-hybridized carbons (Fsp3) is 0.434. The summed E-state index contributed by atoms with van der Waals surface area (Å²) in [4.78, 5) is 27.4. The van der Waals surface area contributed by atoms with Crippen LogP contribution in [-0.2, 0) is 32.8 Å². The van der Waals surface area contributed by atoms with Gasteiger partial charge in [-0.15, -0.1) is 0 Å². The van der Waals surface area contributed by atoms with E-state index in [1.54, 1.807) is 31.4 Å². The molecule has 1 aliphatic rings. The fourth-order valence-corrected chi connectivity index (χ4v) is 13.7. The fourth-order valence-electron chi connectivity index (χ4n) is 8.32. The van der Waals surface area contributed by atoms with E-state index in [1.165, 1.54) is 0 Å². The number of carbonyl (C=O) groups is 2. The van der Waals surface area contributed by atoms with Crippen LogP contribution in [0.25, 0.3) is 6.08 Å². The maximum atomic E-state index is 13.9. The smallest absolute Gasteiger partial charge is 0.338 e. The second kappa shape index (κ2) is 22.1. The molecule has 11 heteroatoms. The van der Waals surface area contributed by atoms with Crippen LogP contribution in [0.15, 0.2) is 121 Å². The molecule has 0 N–H and O–H groups in total. The summed E-state index contributed by atoms with van der Waals surface area (Å²) in [6, 6.07) is 34.7. The third-order valence-electron chi connectivity index (χ3n) is 11.4. The lowest BCUT2D eigenvalue weighted by molar-refractivity contribution is -0.152. The second-order valence-electron chi connectivity index (χ2n) is 19.4. The van der Waals surface area contributed by atoms with Gasteiger partial charge in [0.15, 0.2) is 5.79 Å². The maximum Gasteiger partial charge on any atom is 0.338 e. The van der Waals surface area contributed by atoms with Crippen LogP contribution in [0.5, 0.6) is 0 Å². The highest BCUT2D eigenvalue weighted by molar-refractivity contribution is 6.99. The molecule has 344 valence electrons. The number of hydrogen-bond acceptors (Lipinski definition) is 9. The van der Waals surface area contributed by atoms with Gasteiger partial charge in [0.25, 0.3) is 8.32 Å². The molecule has 4 aromatic rings. The van der Waals surface area contributed by atoms with Gasteiger partial charge in [-0.25, -0.2) is 9.59 Å². The minimum atomic E-state index is -2.99. The van der Waals surface area contributed by atoms with E-state index >= 15 is 0 Å². The minimum absolute atomic E-state index is 0.00764. The topological polar surface area (TPSA) is 98.8 Å². The zero-order valence-corrected chi connectivity index (χ0v) is 42.0. The van der Waals surface area contributed by atoms with Gasteiger partial charge < -0.3 is 32.8 Å². The zero-order chi connectivity index (χ0) is 46.7. The van der Waals surface area contributed by atoms with E-state index in [4.69, 9.17) is 32.8 Å². The van der Waals surface area contributed by atoms with Crippen LogP contribution in [0, 0.1) is 13.8 Å². The Morgan fingerprint density at radius 3 is 1.98 bits per heavy atom. The van der Waals surface area contributed by atoms with Crippen molar-refractivity contribution >= 4 is 44.8 Å². The molecule has 5 atom stereocenters. The Labute approximate surface area is 384 Å². The van der Waals surface area contributed by atoms with E-state index in [1.807, 2.05) is 89.3 Å². The molecule has 0 aromatic heterocycles. The van der Waals surface area contributed by atoms with Crippen molar-refractivity contribution in [1.29, 1.82) is 0 Å². The third-order valence-corrected chi connectivity index (χ3v) is 18.2. The van der Waals surface area contributed by atoms with Gasteiger partial charge in [0.05, 0.1) is 29.9 Å². The minimum Gasteiger partial charge on any atom is -0.462 e. The Hall–Kier alpha value is -4.47. The van der Waals surface area contributed by atoms with Crippen molar-refractivity contribution in [3.63, 3.8) is 0 Å². The van der Waals surface area contributed by atoms with Crippen molar-refractivity contribution in [2.45, 2.75) is 129 Å². The highest BCUT2D eigenvalue weighted by Crippen LogP contribution is 2.39. The first-order valence-corrected chi connectivity index (χ1v) is 28.0. The molecule has 1 unspecified atom stereocenters. The summed E-state index contributed by atoms with van der Waals surface area (Å²) in [5, 5.41) is 2.01. The van der Waals surface area contributed by atoms with E-state index in [0.29, 0.717) is 24.2 Å². The van der Waals surface area contributed by atoms with Crippen molar-refractivity contribution in [1.82, 2.24) is 0 Å². The number of aryl methyl sites for hydroxylation is 2. The molecule has 0 aliphatic carbocycles. The summed E-state index contributed by atoms with van der Waals surface area (Å²) in [7, 11) is -2.80. The predicted octanol–water partition coefficient (Wildman–Crippen LogP) is 10.5. The highest BCUT2D eigenvalue weighted by atomic mass is 28.4. The van der Waals surface area contributed by atoms with Gasteiger partial charge in [-0.05, 0) is 91.8 Å². The molecule has 0 radical (unpaired) electrons. The molecule has 1 fully saturated rings. The molecule has 1 saturated heterocycles. The van der Waals surface area contributed by atoms with Crippen LogP contribution in [0.1, 0.15) is 85.4 Å². The number of ether oxygens (including phenoxy) is 6. The van der Waals surface area contributed by atoms with Gasteiger partial charge in [0.1, 0.15) is 25.1 Å². The number of carbonyl (C=O) groups excluding carboxylic acids is 2. The summed E-state index contributed by atoms with van der Waals surface area (Å²) in [6.45, 7) is 23.6. The van der Waals surface area contributed by atoms with Crippen LogP contribution in [0.2, 0.25) is 30.7 Å². The summed E-state index contributed by atoms with van der Waals surface area (Å²) >= 11 is 0. The van der Waals surface area contributed by atoms with E-state index in [-0.39, 0.29) is 17.8 Å². The SMILES string of the molecule is COCO[C@H](/C=C\C(OC(=O)c1ccccc1)[C@H]1OC(C)(C)O[C@H]1C/C=C/c1cc(C)cc(C)c1C(=O)OCC[Si](C)(C)C)[C@H](C)O[Si](c1ccccc1)(c1ccccc1)C(C)(C)C. The molecule has 1 heterocycles. The molecule has 4 aromatic carbocycles. The first kappa shape index (κ1) is 50.5. The molecule has 0 saturated carbocycles. The lowest BCUT2D eigenvalue weighted by Crippen LogP contribution is -2.68. The second-order valence-corrected chi connectivity index (χ2v) is 29.3. The Balaban J connectivity index is 1.50. The predicted molar refractivity (Wildman–Crippen MR) is 262 cm³/mol. The van der Waals surface area contributed by atoms with Crippen LogP contribution in [0.4, 0.5) is 0 Å². The van der Waals surface area contributed by atoms with Crippen molar-refractivity contribution in [2.75, 3.05) is 20.5 Å². The quantitative estimate of drug-likeness (QED) is 0.0372. The first-order valence-electron chi connectivity index (χ1n) is 22.4. The molecular weight excluding hydrogens is 837 g/mol. The van der Waals surface area contributed by atoms with E-state index in [9.17, 15) is 9.59 Å². The van der Waals surface area contributed by atoms with Crippen LogP contribution < -0.4 is 10.4 Å². The number of methoxy groups -OCH3 is 1. The summed E-state index contributed by atoms with van der Waals surface area (Å²) in [5.74, 6) is -1.83. The highest BCUT2D eigenvalue weighted by Gasteiger charge is 2.52. The van der Waals surface area contributed by atoms with Gasteiger partial charge in [-0.1, -0.05) is 155 Å². The molecule has 5 rings (SSSR count). The molecular formula is C53H70O9Si2. The van der Waals surface area contributed by atoms with Crippen molar-refractivity contribution in [2.24, 2.45) is 0 Å². The molecule has 0 amide bonds. The van der Waals surface area contributed by atoms with Crippen LogP contribution in [-0.4, -0.2) is 85.1 Å². The van der Waals surface area contributed by atoms with Crippen molar-refractivity contribution in [3.05, 3.63) is 149 Å². The molecule has 1 aliphatic heterocycles. The van der Waals surface area contributed by atoms with Gasteiger partial charge in [0.2, 0.25) is 0 Å². The van der Waals surface area contributed by atoms with Crippen LogP contribution in [0.3, 0.4) is 0 Å². The largest absolute Gasteiger partial charge is 0.462 e. The summed E-state index contributed by atoms with van der Waals surface area (Å²) < 4.78 is 44.6. The summed E-state index contributed by atoms with van der Waals surface area (Å²) in [5.41, 5.74) is 3.61. The average Bonchev–Trinajstić information content (AvgIpc) is 3.55. The maximum absolute atomic E-state index is 13.9. The molecule has 0 spiro atoms. The number of hydrogen-bond donors (Lipinski definition) is 0. The average molecular weight is 907 g/mol. The standard InChI is InChI=1S/C53H70O9Si2/c1-38-35-39(2)48(51(55)57-33-34-63(10,11)12)42(36-38)25-22-30-47-49(61-53(7,8)60-47)46(59-50(54)41-23-16-13-17-24-41)32-31-45(58-37-56-9)40(3)62-64(52(4,5)6,43-26-18-14-19-27-43)44-28-20-15-21-29-44/h13-29,31-32,35-36,40,45-47,49H,30,33-34,37H2,1-12H3/b25-22+,32-31-/t40-,45+,46?,47-,49+/m0/s1. The monoisotopic (exact) mass is 906 g/mol. The van der Waals surface area contributed by atoms with E-state index in [2.05, 4.69) is 88.9 Å². The Morgan fingerprint density at radius 2 is 1.42 bits per heavy atom. The van der Waals surface area contributed by atoms with Crippen molar-refractivity contribution in [3.8, 4) is 0 Å². The lowest BCUT2D eigenvalue weighted by Gasteiger charge is -2.45. The molecule has 9 nitrogen and oxygen atoms in total. The van der Waals surface area contributed by atoms with E-state index in [0.717, 1.165) is 33.1 Å². The lowest BCUT2D eigenvalue weighted by atomic mass is 9.97. The number of esters is 2. The van der Waals surface area contributed by atoms with E-state index < -0.39 is 58.7 Å². The first-order chi connectivity index (χ1) is 30.2. The number of rotatable bonds is 20. The molecule has 0 bridgehead atoms. The Kier molecular flexibility index (Phi) is 17.5. The van der Waals surface area contributed by atoms with Crippen molar-refractivity contribution < 1.29 is 42.4 Å².